The van der Waals surface area contributed by atoms with E-state index in [1.807, 2.05) is 6.07 Å². The smallest absolute Gasteiger partial charge is 0.198 e. The van der Waals surface area contributed by atoms with Crippen LogP contribution in [0.4, 0.5) is 13.2 Å². The summed E-state index contributed by atoms with van der Waals surface area (Å²) < 4.78 is 37.0. The van der Waals surface area contributed by atoms with Crippen LogP contribution in [0.3, 0.4) is 0 Å². The summed E-state index contributed by atoms with van der Waals surface area (Å²) in [6.45, 7) is 0. The lowest BCUT2D eigenvalue weighted by Gasteiger charge is -2.09. The van der Waals surface area contributed by atoms with Crippen LogP contribution in [-0.4, -0.2) is 0 Å². The molecule has 0 fully saturated rings. The van der Waals surface area contributed by atoms with Crippen molar-refractivity contribution in [3.63, 3.8) is 0 Å². The summed E-state index contributed by atoms with van der Waals surface area (Å²) in [5, 5.41) is 8.37. The molecular formula is C9H5F3IN. The monoisotopic (exact) mass is 311 g/mol. The van der Waals surface area contributed by atoms with Crippen LogP contribution in [0, 0.1) is 14.9 Å². The predicted octanol–water partition coefficient (Wildman–Crippen LogP) is 3.38. The first-order valence-electron chi connectivity index (χ1n) is 3.67. The minimum absolute atomic E-state index is 0.128. The second-order valence-electron chi connectivity index (χ2n) is 2.65. The molecule has 0 amide bonds. The fourth-order valence-electron chi connectivity index (χ4n) is 0.990. The molecule has 0 saturated heterocycles. The van der Waals surface area contributed by atoms with Crippen LogP contribution in [0.15, 0.2) is 18.2 Å². The number of halogens is 4. The highest BCUT2D eigenvalue weighted by atomic mass is 127. The number of hydrogen-bond acceptors (Lipinski definition) is 1. The molecule has 0 aliphatic heterocycles. The van der Waals surface area contributed by atoms with Crippen LogP contribution in [0.25, 0.3) is 0 Å². The van der Waals surface area contributed by atoms with Gasteiger partial charge in [0.1, 0.15) is 0 Å². The van der Waals surface area contributed by atoms with Gasteiger partial charge in [0.15, 0.2) is 0 Å². The maximum atomic E-state index is 12.3. The summed E-state index contributed by atoms with van der Waals surface area (Å²) in [5.74, 6) is 0. The molecule has 0 saturated carbocycles. The van der Waals surface area contributed by atoms with E-state index in [9.17, 15) is 13.2 Å². The molecule has 0 unspecified atom stereocenters. The Morgan fingerprint density at radius 3 is 2.43 bits per heavy atom. The molecule has 0 aliphatic carbocycles. The van der Waals surface area contributed by atoms with Crippen LogP contribution in [0.2, 0.25) is 0 Å². The fraction of sp³-hybridized carbons (Fsp3) is 0.222. The third kappa shape index (κ3) is 2.61. The van der Waals surface area contributed by atoms with Gasteiger partial charge < -0.3 is 0 Å². The average Bonchev–Trinajstić information content (AvgIpc) is 2.02. The van der Waals surface area contributed by atoms with E-state index >= 15 is 0 Å². The standard InChI is InChI=1S/C9H5F3IN/c10-9(11,12)7-2-1-6(3-4-14)5-8(7)13/h1-2,5H,3H2. The van der Waals surface area contributed by atoms with E-state index < -0.39 is 11.7 Å². The van der Waals surface area contributed by atoms with Crippen molar-refractivity contribution in [1.82, 2.24) is 0 Å². The van der Waals surface area contributed by atoms with E-state index in [0.29, 0.717) is 5.56 Å². The van der Waals surface area contributed by atoms with Gasteiger partial charge in [0, 0.05) is 3.57 Å². The van der Waals surface area contributed by atoms with Crippen molar-refractivity contribution in [3.8, 4) is 6.07 Å². The zero-order valence-electron chi connectivity index (χ0n) is 6.90. The lowest BCUT2D eigenvalue weighted by Crippen LogP contribution is -2.07. The molecule has 0 spiro atoms. The number of benzene rings is 1. The maximum Gasteiger partial charge on any atom is 0.417 e. The maximum absolute atomic E-state index is 12.3. The molecule has 1 aromatic carbocycles. The second-order valence-corrected chi connectivity index (χ2v) is 3.81. The van der Waals surface area contributed by atoms with E-state index in [0.717, 1.165) is 6.07 Å². The summed E-state index contributed by atoms with van der Waals surface area (Å²) >= 11 is 1.62. The van der Waals surface area contributed by atoms with Crippen molar-refractivity contribution in [1.29, 1.82) is 5.26 Å². The quantitative estimate of drug-likeness (QED) is 0.730. The van der Waals surface area contributed by atoms with Crippen molar-refractivity contribution < 1.29 is 13.2 Å². The summed E-state index contributed by atoms with van der Waals surface area (Å²) in [6, 6.07) is 5.60. The molecule has 14 heavy (non-hydrogen) atoms. The second kappa shape index (κ2) is 4.17. The van der Waals surface area contributed by atoms with Gasteiger partial charge >= 0.3 is 6.18 Å². The number of hydrogen-bond donors (Lipinski definition) is 0. The topological polar surface area (TPSA) is 23.8 Å². The zero-order chi connectivity index (χ0) is 10.8. The van der Waals surface area contributed by atoms with Crippen molar-refractivity contribution in [2.24, 2.45) is 0 Å². The van der Waals surface area contributed by atoms with Gasteiger partial charge in [-0.1, -0.05) is 6.07 Å². The first-order valence-corrected chi connectivity index (χ1v) is 4.75. The minimum Gasteiger partial charge on any atom is -0.198 e. The van der Waals surface area contributed by atoms with Gasteiger partial charge in [-0.25, -0.2) is 0 Å². The van der Waals surface area contributed by atoms with E-state index in [1.165, 1.54) is 12.1 Å². The van der Waals surface area contributed by atoms with Crippen LogP contribution in [-0.2, 0) is 12.6 Å². The molecule has 0 aromatic heterocycles. The largest absolute Gasteiger partial charge is 0.417 e. The minimum atomic E-state index is -4.32. The molecule has 0 aliphatic rings. The first-order chi connectivity index (χ1) is 6.45. The highest BCUT2D eigenvalue weighted by molar-refractivity contribution is 14.1. The molecule has 5 heteroatoms. The van der Waals surface area contributed by atoms with Crippen molar-refractivity contribution in [2.75, 3.05) is 0 Å². The molecular weight excluding hydrogens is 306 g/mol. The predicted molar refractivity (Wildman–Crippen MR) is 53.5 cm³/mol. The molecule has 0 bridgehead atoms. The van der Waals surface area contributed by atoms with Gasteiger partial charge in [0.25, 0.3) is 0 Å². The fourth-order valence-corrected chi connectivity index (χ4v) is 1.88. The van der Waals surface area contributed by atoms with Crippen LogP contribution < -0.4 is 0 Å². The molecule has 0 N–H and O–H groups in total. The van der Waals surface area contributed by atoms with E-state index in [1.54, 1.807) is 22.6 Å². The molecule has 74 valence electrons. The molecule has 1 rings (SSSR count). The van der Waals surface area contributed by atoms with Crippen molar-refractivity contribution >= 4 is 22.6 Å². The van der Waals surface area contributed by atoms with Gasteiger partial charge in [-0.2, -0.15) is 18.4 Å². The lowest BCUT2D eigenvalue weighted by atomic mass is 10.1. The van der Waals surface area contributed by atoms with E-state index in [-0.39, 0.29) is 9.99 Å². The molecule has 0 radical (unpaired) electrons. The van der Waals surface area contributed by atoms with Gasteiger partial charge in [-0.05, 0) is 40.3 Å². The Balaban J connectivity index is 3.09. The van der Waals surface area contributed by atoms with Gasteiger partial charge in [-0.15, -0.1) is 0 Å². The Bertz CT molecular complexity index is 379. The van der Waals surface area contributed by atoms with Crippen LogP contribution in [0.5, 0.6) is 0 Å². The van der Waals surface area contributed by atoms with Gasteiger partial charge in [-0.3, -0.25) is 0 Å². The summed E-state index contributed by atoms with van der Waals surface area (Å²) in [7, 11) is 0. The lowest BCUT2D eigenvalue weighted by molar-refractivity contribution is -0.138. The third-order valence-electron chi connectivity index (χ3n) is 1.62. The van der Waals surface area contributed by atoms with Crippen LogP contribution >= 0.6 is 22.6 Å². The summed E-state index contributed by atoms with van der Waals surface area (Å²) in [5.41, 5.74) is -0.0512. The van der Waals surface area contributed by atoms with Crippen molar-refractivity contribution in [3.05, 3.63) is 32.9 Å². The molecule has 0 atom stereocenters. The van der Waals surface area contributed by atoms with E-state index in [2.05, 4.69) is 0 Å². The molecule has 1 nitrogen and oxygen atoms in total. The Morgan fingerprint density at radius 2 is 2.00 bits per heavy atom. The number of nitrogens with zero attached hydrogens (tertiary/aromatic N) is 1. The normalized spacial score (nSPS) is 11.1. The third-order valence-corrected chi connectivity index (χ3v) is 2.51. The molecule has 0 heterocycles. The Kier molecular flexibility index (Phi) is 3.37. The van der Waals surface area contributed by atoms with E-state index in [4.69, 9.17) is 5.26 Å². The van der Waals surface area contributed by atoms with Crippen LogP contribution in [0.1, 0.15) is 11.1 Å². The highest BCUT2D eigenvalue weighted by Crippen LogP contribution is 2.33. The average molecular weight is 311 g/mol. The zero-order valence-corrected chi connectivity index (χ0v) is 9.06. The first kappa shape index (κ1) is 11.3. The number of rotatable bonds is 1. The highest BCUT2D eigenvalue weighted by Gasteiger charge is 2.32. The summed E-state index contributed by atoms with van der Waals surface area (Å²) in [4.78, 5) is 0. The van der Waals surface area contributed by atoms with Gasteiger partial charge in [0.05, 0.1) is 18.1 Å². The number of nitriles is 1. The Hall–Kier alpha value is -0.770. The van der Waals surface area contributed by atoms with Crippen molar-refractivity contribution in [2.45, 2.75) is 12.6 Å². The Morgan fingerprint density at radius 1 is 1.36 bits per heavy atom. The number of alkyl halides is 3. The Labute approximate surface area is 92.7 Å². The van der Waals surface area contributed by atoms with Gasteiger partial charge in [0.2, 0.25) is 0 Å². The SMILES string of the molecule is N#CCc1ccc(C(F)(F)F)c(I)c1. The molecule has 1 aromatic rings. The summed E-state index contributed by atoms with van der Waals surface area (Å²) in [6.07, 6.45) is -4.18.